The number of fused-ring (bicyclic) bond motifs is 1. The molecule has 2 aromatic rings. The number of nitrogens with one attached hydrogen (secondary N) is 2. The first kappa shape index (κ1) is 18.1. The Hall–Kier alpha value is -2.68. The molecule has 0 saturated heterocycles. The Morgan fingerprint density at radius 3 is 2.73 bits per heavy atom. The Kier molecular flexibility index (Phi) is 5.67. The number of aromatic nitrogens is 1. The third-order valence-electron chi connectivity index (χ3n) is 3.64. The Bertz CT molecular complexity index is 807. The first-order valence-electron chi connectivity index (χ1n) is 8.01. The van der Waals surface area contributed by atoms with Crippen LogP contribution in [-0.2, 0) is 9.59 Å². The van der Waals surface area contributed by atoms with Crippen LogP contribution in [-0.4, -0.2) is 35.3 Å². The molecule has 0 unspecified atom stereocenters. The molecule has 1 aliphatic heterocycles. The summed E-state index contributed by atoms with van der Waals surface area (Å²) >= 11 is 1.23. The molecule has 0 spiro atoms. The molecule has 2 amide bonds. The van der Waals surface area contributed by atoms with Gasteiger partial charge in [0.1, 0.15) is 5.76 Å². The van der Waals surface area contributed by atoms with E-state index in [-0.39, 0.29) is 36.2 Å². The molecule has 8 nitrogen and oxygen atoms in total. The van der Waals surface area contributed by atoms with Gasteiger partial charge >= 0.3 is 0 Å². The summed E-state index contributed by atoms with van der Waals surface area (Å²) in [7, 11) is 0. The van der Waals surface area contributed by atoms with E-state index in [1.807, 2.05) is 25.1 Å². The van der Waals surface area contributed by atoms with Gasteiger partial charge in [-0.2, -0.15) is 0 Å². The molecule has 26 heavy (non-hydrogen) atoms. The van der Waals surface area contributed by atoms with Crippen molar-refractivity contribution in [3.8, 4) is 11.5 Å². The van der Waals surface area contributed by atoms with E-state index in [1.165, 1.54) is 11.8 Å². The number of benzene rings is 1. The molecule has 9 heteroatoms. The van der Waals surface area contributed by atoms with Crippen molar-refractivity contribution in [1.29, 1.82) is 0 Å². The van der Waals surface area contributed by atoms with E-state index in [0.29, 0.717) is 23.1 Å². The van der Waals surface area contributed by atoms with Gasteiger partial charge in [0.05, 0.1) is 17.5 Å². The Balaban J connectivity index is 1.40. The third-order valence-corrected chi connectivity index (χ3v) is 4.57. The van der Waals surface area contributed by atoms with Crippen LogP contribution in [0.4, 0.5) is 5.82 Å². The number of hydrogen-bond donors (Lipinski definition) is 2. The third kappa shape index (κ3) is 4.69. The van der Waals surface area contributed by atoms with Gasteiger partial charge in [0.25, 0.3) is 0 Å². The molecule has 138 valence electrons. The molecule has 2 N–H and O–H groups in total. The standard InChI is InChI=1S/C17H19N3O5S/c1-10-5-15(20-25-10)19-17(22)8-26-7-16(21)18-11(2)12-3-4-13-14(6-12)24-9-23-13/h3-6,11H,7-9H2,1-2H3,(H,18,21)(H,19,20,22)/t11-/m0/s1. The molecular formula is C17H19N3O5S. The molecule has 1 atom stereocenters. The summed E-state index contributed by atoms with van der Waals surface area (Å²) in [5.41, 5.74) is 0.923. The summed E-state index contributed by atoms with van der Waals surface area (Å²) < 4.78 is 15.5. The summed E-state index contributed by atoms with van der Waals surface area (Å²) in [5, 5.41) is 9.19. The number of anilines is 1. The van der Waals surface area contributed by atoms with Crippen LogP contribution in [0.2, 0.25) is 0 Å². The molecule has 0 aliphatic carbocycles. The predicted molar refractivity (Wildman–Crippen MR) is 96.3 cm³/mol. The van der Waals surface area contributed by atoms with E-state index in [9.17, 15) is 9.59 Å². The van der Waals surface area contributed by atoms with Gasteiger partial charge in [-0.25, -0.2) is 0 Å². The fraction of sp³-hybridized carbons (Fsp3) is 0.353. The fourth-order valence-electron chi connectivity index (χ4n) is 2.39. The molecule has 0 radical (unpaired) electrons. The van der Waals surface area contributed by atoms with Crippen molar-refractivity contribution in [2.24, 2.45) is 0 Å². The zero-order valence-electron chi connectivity index (χ0n) is 14.4. The van der Waals surface area contributed by atoms with Crippen LogP contribution >= 0.6 is 11.8 Å². The van der Waals surface area contributed by atoms with Crippen LogP contribution in [0.25, 0.3) is 0 Å². The van der Waals surface area contributed by atoms with Crippen LogP contribution in [0.1, 0.15) is 24.3 Å². The molecule has 0 saturated carbocycles. The van der Waals surface area contributed by atoms with Gasteiger partial charge in [-0.05, 0) is 31.5 Å². The minimum Gasteiger partial charge on any atom is -0.454 e. The lowest BCUT2D eigenvalue weighted by molar-refractivity contribution is -0.119. The number of ether oxygens (including phenoxy) is 2. The number of rotatable bonds is 7. The monoisotopic (exact) mass is 377 g/mol. The van der Waals surface area contributed by atoms with Crippen LogP contribution in [0, 0.1) is 6.92 Å². The average molecular weight is 377 g/mol. The van der Waals surface area contributed by atoms with Crippen molar-refractivity contribution in [2.45, 2.75) is 19.9 Å². The Morgan fingerprint density at radius 1 is 1.19 bits per heavy atom. The zero-order chi connectivity index (χ0) is 18.5. The largest absolute Gasteiger partial charge is 0.454 e. The van der Waals surface area contributed by atoms with E-state index < -0.39 is 0 Å². The number of nitrogens with zero attached hydrogens (tertiary/aromatic N) is 1. The number of carbonyl (C=O) groups excluding carboxylic acids is 2. The van der Waals surface area contributed by atoms with E-state index in [1.54, 1.807) is 13.0 Å². The van der Waals surface area contributed by atoms with Crippen molar-refractivity contribution in [3.63, 3.8) is 0 Å². The Labute approximate surface area is 154 Å². The number of aryl methyl sites for hydroxylation is 1. The molecule has 3 rings (SSSR count). The van der Waals surface area contributed by atoms with Gasteiger partial charge in [0.15, 0.2) is 17.3 Å². The number of thioether (sulfide) groups is 1. The van der Waals surface area contributed by atoms with Crippen LogP contribution in [0.5, 0.6) is 11.5 Å². The topological polar surface area (TPSA) is 103 Å². The summed E-state index contributed by atoms with van der Waals surface area (Å²) in [5.74, 6) is 2.32. The second-order valence-electron chi connectivity index (χ2n) is 5.77. The molecule has 0 fully saturated rings. The SMILES string of the molecule is Cc1cc(NC(=O)CSCC(=O)N[C@@H](C)c2ccc3c(c2)OCO3)no1. The average Bonchev–Trinajstić information content (AvgIpc) is 3.22. The van der Waals surface area contributed by atoms with Crippen molar-refractivity contribution >= 4 is 29.4 Å². The molecule has 1 aromatic heterocycles. The number of carbonyl (C=O) groups is 2. The van der Waals surface area contributed by atoms with E-state index in [4.69, 9.17) is 14.0 Å². The zero-order valence-corrected chi connectivity index (χ0v) is 15.2. The van der Waals surface area contributed by atoms with Crippen molar-refractivity contribution in [1.82, 2.24) is 10.5 Å². The number of amides is 2. The molecule has 0 bridgehead atoms. The maximum atomic E-state index is 12.1. The fourth-order valence-corrected chi connectivity index (χ4v) is 3.02. The summed E-state index contributed by atoms with van der Waals surface area (Å²) in [6.07, 6.45) is 0. The first-order valence-corrected chi connectivity index (χ1v) is 9.16. The smallest absolute Gasteiger partial charge is 0.235 e. The van der Waals surface area contributed by atoms with E-state index >= 15 is 0 Å². The second-order valence-corrected chi connectivity index (χ2v) is 6.75. The van der Waals surface area contributed by atoms with Crippen LogP contribution in [0.3, 0.4) is 0 Å². The van der Waals surface area contributed by atoms with Crippen molar-refractivity contribution in [3.05, 3.63) is 35.6 Å². The summed E-state index contributed by atoms with van der Waals surface area (Å²) in [6, 6.07) is 7.02. The molecule has 1 aliphatic rings. The van der Waals surface area contributed by atoms with Crippen LogP contribution < -0.4 is 20.1 Å². The number of hydrogen-bond acceptors (Lipinski definition) is 7. The Morgan fingerprint density at radius 2 is 1.96 bits per heavy atom. The van der Waals surface area contributed by atoms with Gasteiger partial charge in [-0.1, -0.05) is 11.2 Å². The quantitative estimate of drug-likeness (QED) is 0.763. The highest BCUT2D eigenvalue weighted by Crippen LogP contribution is 2.34. The maximum absolute atomic E-state index is 12.1. The van der Waals surface area contributed by atoms with Gasteiger partial charge in [0.2, 0.25) is 18.6 Å². The van der Waals surface area contributed by atoms with Gasteiger partial charge in [-0.3, -0.25) is 9.59 Å². The van der Waals surface area contributed by atoms with Crippen molar-refractivity contribution in [2.75, 3.05) is 23.6 Å². The maximum Gasteiger partial charge on any atom is 0.235 e. The lowest BCUT2D eigenvalue weighted by Gasteiger charge is -2.14. The van der Waals surface area contributed by atoms with Gasteiger partial charge in [0, 0.05) is 6.07 Å². The highest BCUT2D eigenvalue weighted by atomic mass is 32.2. The highest BCUT2D eigenvalue weighted by Gasteiger charge is 2.17. The minimum atomic E-state index is -0.236. The molecular weight excluding hydrogens is 358 g/mol. The lowest BCUT2D eigenvalue weighted by Crippen LogP contribution is -2.28. The van der Waals surface area contributed by atoms with Gasteiger partial charge in [-0.15, -0.1) is 11.8 Å². The predicted octanol–water partition coefficient (Wildman–Crippen LogP) is 2.26. The van der Waals surface area contributed by atoms with Crippen molar-refractivity contribution < 1.29 is 23.6 Å². The lowest BCUT2D eigenvalue weighted by atomic mass is 10.1. The molecule has 2 heterocycles. The normalized spacial score (nSPS) is 13.3. The first-order chi connectivity index (χ1) is 12.5. The molecule has 1 aromatic carbocycles. The summed E-state index contributed by atoms with van der Waals surface area (Å²) in [4.78, 5) is 23.8. The van der Waals surface area contributed by atoms with E-state index in [0.717, 1.165) is 5.56 Å². The van der Waals surface area contributed by atoms with E-state index in [2.05, 4.69) is 15.8 Å². The summed E-state index contributed by atoms with van der Waals surface area (Å²) in [6.45, 7) is 3.84. The minimum absolute atomic E-state index is 0.148. The second kappa shape index (κ2) is 8.13. The van der Waals surface area contributed by atoms with Crippen LogP contribution in [0.15, 0.2) is 28.8 Å². The van der Waals surface area contributed by atoms with Gasteiger partial charge < -0.3 is 24.6 Å². The highest BCUT2D eigenvalue weighted by molar-refractivity contribution is 8.00.